The summed E-state index contributed by atoms with van der Waals surface area (Å²) in [4.78, 5) is 2.14. The Kier molecular flexibility index (Phi) is 9.02. The van der Waals surface area contributed by atoms with Crippen LogP contribution in [0.15, 0.2) is 54.6 Å². The van der Waals surface area contributed by atoms with Gasteiger partial charge in [0.05, 0.1) is 29.7 Å². The molecule has 1 atom stereocenters. The minimum atomic E-state index is -0.671. The molecular weight excluding hydrogens is 421 g/mol. The van der Waals surface area contributed by atoms with Crippen LogP contribution in [0, 0.1) is 25.1 Å². The summed E-state index contributed by atoms with van der Waals surface area (Å²) in [5, 5.41) is 15.1. The van der Waals surface area contributed by atoms with Gasteiger partial charge in [0.1, 0.15) is 18.2 Å². The highest BCUT2D eigenvalue weighted by Gasteiger charge is 2.22. The molecule has 0 saturated heterocycles. The second-order valence-corrected chi connectivity index (χ2v) is 7.78. The zero-order valence-corrected chi connectivity index (χ0v) is 19.1. The zero-order valence-electron chi connectivity index (χ0n) is 19.1. The van der Waals surface area contributed by atoms with Crippen molar-refractivity contribution in [1.82, 2.24) is 14.7 Å². The molecule has 33 heavy (non-hydrogen) atoms. The molecule has 1 N–H and O–H groups in total. The molecule has 0 bridgehead atoms. The van der Waals surface area contributed by atoms with Crippen LogP contribution in [0.1, 0.15) is 24.6 Å². The van der Waals surface area contributed by atoms with Crippen molar-refractivity contribution in [3.63, 3.8) is 0 Å². The van der Waals surface area contributed by atoms with Crippen molar-refractivity contribution in [2.45, 2.75) is 32.9 Å². The van der Waals surface area contributed by atoms with Crippen LogP contribution in [0.4, 0.5) is 4.39 Å². The van der Waals surface area contributed by atoms with Gasteiger partial charge < -0.3 is 14.6 Å². The number of halogens is 1. The predicted octanol–water partition coefficient (Wildman–Crippen LogP) is 4.33. The van der Waals surface area contributed by atoms with E-state index in [1.54, 1.807) is 16.8 Å². The average molecular weight is 452 g/mol. The maximum Gasteiger partial charge on any atom is 0.227 e. The standard InChI is InChI=1S/C26H30FN3O3/c1-4-15-29(17-23(31)19-32-16-5-2)18-25-20(3)28-30(22-9-7-6-8-10-22)26(25)33-24-13-11-21(27)12-14-24/h2,6-14,23,31H,4,15-19H2,1,3H3. The lowest BCUT2D eigenvalue weighted by atomic mass is 10.2. The van der Waals surface area contributed by atoms with Crippen molar-refractivity contribution in [1.29, 1.82) is 0 Å². The van der Waals surface area contributed by atoms with Crippen molar-refractivity contribution >= 4 is 0 Å². The fourth-order valence-electron chi connectivity index (χ4n) is 3.56. The maximum absolute atomic E-state index is 13.4. The fraction of sp³-hybridized carbons (Fsp3) is 0.346. The molecule has 0 amide bonds. The Morgan fingerprint density at radius 3 is 2.58 bits per heavy atom. The summed E-state index contributed by atoms with van der Waals surface area (Å²) >= 11 is 0. The van der Waals surface area contributed by atoms with Crippen LogP contribution in [-0.4, -0.2) is 52.2 Å². The third kappa shape index (κ3) is 6.90. The molecule has 0 saturated carbocycles. The van der Waals surface area contributed by atoms with E-state index in [2.05, 4.69) is 17.7 Å². The quantitative estimate of drug-likeness (QED) is 0.328. The van der Waals surface area contributed by atoms with Crippen LogP contribution < -0.4 is 4.74 Å². The highest BCUT2D eigenvalue weighted by Crippen LogP contribution is 2.31. The van der Waals surface area contributed by atoms with Crippen molar-refractivity contribution in [2.24, 2.45) is 0 Å². The van der Waals surface area contributed by atoms with Gasteiger partial charge in [-0.1, -0.05) is 31.0 Å². The summed E-state index contributed by atoms with van der Waals surface area (Å²) in [6, 6.07) is 15.6. The molecule has 0 spiro atoms. The lowest BCUT2D eigenvalue weighted by molar-refractivity contribution is 0.0259. The smallest absolute Gasteiger partial charge is 0.227 e. The number of aryl methyl sites for hydroxylation is 1. The van der Waals surface area contributed by atoms with Gasteiger partial charge in [0.15, 0.2) is 0 Å². The van der Waals surface area contributed by atoms with E-state index in [0.717, 1.165) is 29.9 Å². The van der Waals surface area contributed by atoms with Crippen molar-refractivity contribution in [3.05, 3.63) is 71.7 Å². The molecule has 0 radical (unpaired) electrons. The molecule has 0 aliphatic heterocycles. The fourth-order valence-corrected chi connectivity index (χ4v) is 3.56. The molecule has 1 aromatic heterocycles. The summed E-state index contributed by atoms with van der Waals surface area (Å²) in [6.45, 7) is 6.08. The predicted molar refractivity (Wildman–Crippen MR) is 126 cm³/mol. The van der Waals surface area contributed by atoms with E-state index >= 15 is 0 Å². The second kappa shape index (κ2) is 12.2. The van der Waals surface area contributed by atoms with Gasteiger partial charge >= 0.3 is 0 Å². The van der Waals surface area contributed by atoms with Crippen molar-refractivity contribution in [2.75, 3.05) is 26.3 Å². The van der Waals surface area contributed by atoms with E-state index < -0.39 is 6.10 Å². The number of terminal acetylenes is 1. The van der Waals surface area contributed by atoms with Crippen LogP contribution in [0.3, 0.4) is 0 Å². The lowest BCUT2D eigenvalue weighted by Crippen LogP contribution is -2.35. The number of benzene rings is 2. The Hall–Kier alpha value is -3.18. The van der Waals surface area contributed by atoms with Crippen LogP contribution in [0.5, 0.6) is 11.6 Å². The summed E-state index contributed by atoms with van der Waals surface area (Å²) in [6.07, 6.45) is 5.45. The van der Waals surface area contributed by atoms with Crippen LogP contribution >= 0.6 is 0 Å². The highest BCUT2D eigenvalue weighted by molar-refractivity contribution is 5.43. The van der Waals surface area contributed by atoms with E-state index in [1.165, 1.54) is 12.1 Å². The number of para-hydroxylation sites is 1. The van der Waals surface area contributed by atoms with E-state index in [0.29, 0.717) is 24.7 Å². The molecule has 1 heterocycles. The molecule has 2 aromatic carbocycles. The summed E-state index contributed by atoms with van der Waals surface area (Å²) in [7, 11) is 0. The third-order valence-electron chi connectivity index (χ3n) is 5.05. The molecule has 6 nitrogen and oxygen atoms in total. The molecule has 7 heteroatoms. The van der Waals surface area contributed by atoms with Crippen molar-refractivity contribution < 1.29 is 19.0 Å². The SMILES string of the molecule is C#CCOCC(O)CN(CCC)Cc1c(C)nn(-c2ccccc2)c1Oc1ccc(F)cc1. The zero-order chi connectivity index (χ0) is 23.6. The number of ether oxygens (including phenoxy) is 2. The lowest BCUT2D eigenvalue weighted by Gasteiger charge is -2.25. The van der Waals surface area contributed by atoms with Gasteiger partial charge in [-0.25, -0.2) is 9.07 Å². The number of hydrogen-bond acceptors (Lipinski definition) is 5. The molecule has 1 unspecified atom stereocenters. The topological polar surface area (TPSA) is 59.8 Å². The number of hydrogen-bond donors (Lipinski definition) is 1. The minimum Gasteiger partial charge on any atom is -0.439 e. The molecule has 0 aliphatic carbocycles. The molecule has 3 rings (SSSR count). The van der Waals surface area contributed by atoms with Crippen LogP contribution in [-0.2, 0) is 11.3 Å². The summed E-state index contributed by atoms with van der Waals surface area (Å²) < 4.78 is 26.7. The second-order valence-electron chi connectivity index (χ2n) is 7.78. The molecule has 0 aliphatic rings. The molecule has 174 valence electrons. The number of nitrogens with zero attached hydrogens (tertiary/aromatic N) is 3. The van der Waals surface area contributed by atoms with E-state index in [4.69, 9.17) is 21.0 Å². The molecule has 0 fully saturated rings. The van der Waals surface area contributed by atoms with Gasteiger partial charge in [-0.05, 0) is 56.3 Å². The number of aliphatic hydroxyl groups is 1. The van der Waals surface area contributed by atoms with Gasteiger partial charge in [0, 0.05) is 13.1 Å². The monoisotopic (exact) mass is 451 g/mol. The van der Waals surface area contributed by atoms with Gasteiger partial charge in [-0.2, -0.15) is 5.10 Å². The van der Waals surface area contributed by atoms with Crippen LogP contribution in [0.2, 0.25) is 0 Å². The maximum atomic E-state index is 13.4. The Morgan fingerprint density at radius 2 is 1.91 bits per heavy atom. The van der Waals surface area contributed by atoms with Crippen molar-refractivity contribution in [3.8, 4) is 29.7 Å². The van der Waals surface area contributed by atoms with E-state index in [-0.39, 0.29) is 19.0 Å². The van der Waals surface area contributed by atoms with E-state index in [1.807, 2.05) is 37.3 Å². The first-order valence-corrected chi connectivity index (χ1v) is 11.0. The molecule has 3 aromatic rings. The Labute approximate surface area is 194 Å². The first-order chi connectivity index (χ1) is 16.0. The first-order valence-electron chi connectivity index (χ1n) is 11.0. The van der Waals surface area contributed by atoms with Gasteiger partial charge in [0.2, 0.25) is 5.88 Å². The van der Waals surface area contributed by atoms with Gasteiger partial charge in [-0.3, -0.25) is 4.90 Å². The molecular formula is C26H30FN3O3. The highest BCUT2D eigenvalue weighted by atomic mass is 19.1. The number of aliphatic hydroxyl groups excluding tert-OH is 1. The Morgan fingerprint density at radius 1 is 1.18 bits per heavy atom. The van der Waals surface area contributed by atoms with Crippen LogP contribution in [0.25, 0.3) is 5.69 Å². The Bertz CT molecular complexity index is 1050. The minimum absolute atomic E-state index is 0.170. The third-order valence-corrected chi connectivity index (χ3v) is 5.05. The Balaban J connectivity index is 1.91. The largest absolute Gasteiger partial charge is 0.439 e. The number of aromatic nitrogens is 2. The normalized spacial score (nSPS) is 12.0. The van der Waals surface area contributed by atoms with E-state index in [9.17, 15) is 9.50 Å². The van der Waals surface area contributed by atoms with Gasteiger partial charge in [0.25, 0.3) is 0 Å². The summed E-state index contributed by atoms with van der Waals surface area (Å²) in [5.74, 6) is 3.15. The van der Waals surface area contributed by atoms with Gasteiger partial charge in [-0.15, -0.1) is 6.42 Å². The number of rotatable bonds is 12. The first kappa shape index (κ1) is 24.5. The average Bonchev–Trinajstić information content (AvgIpc) is 3.11. The summed E-state index contributed by atoms with van der Waals surface area (Å²) in [5.41, 5.74) is 2.57.